The van der Waals surface area contributed by atoms with Crippen molar-refractivity contribution in [3.63, 3.8) is 0 Å². The molecule has 0 saturated heterocycles. The Morgan fingerprint density at radius 3 is 0.795 bits per heavy atom. The molecule has 14 aromatic rings. The molecular weight excluding hydrogens is 1100 g/mol. The molecule has 4 aromatic heterocycles. The average molecular weight is 1160 g/mol. The zero-order valence-corrected chi connectivity index (χ0v) is 48.2. The number of pyridine rings is 2. The molecule has 0 radical (unpaired) electrons. The maximum atomic E-state index is 8.58. The monoisotopic (exact) mass is 1160 g/mol. The topological polar surface area (TPSA) is 144 Å². The largest absolute Gasteiger partial charge is 0.488 e. The molecule has 10 nitrogen and oxygen atoms in total. The zero-order chi connectivity index (χ0) is 59.9. The number of nitrogens with zero attached hydrogens (tertiary/aromatic N) is 8. The van der Waals surface area contributed by atoms with E-state index in [1.807, 2.05) is 188 Å². The van der Waals surface area contributed by atoms with Crippen molar-refractivity contribution in [3.05, 3.63) is 321 Å². The summed E-state index contributed by atoms with van der Waals surface area (Å²) in [6.45, 7) is 0. The van der Waals surface area contributed by atoms with Gasteiger partial charge in [-0.2, -0.15) is 0 Å². The zero-order valence-electron chi connectivity index (χ0n) is 47.4. The van der Waals surface area contributed by atoms with Gasteiger partial charge in [-0.15, -0.1) is 0 Å². The summed E-state index contributed by atoms with van der Waals surface area (Å²) in [6.07, 6.45) is 3.62. The lowest BCUT2D eigenvalue weighted by Crippen LogP contribution is -2.29. The molecule has 14 rings (SSSR count). The number of hydrogen-bond acceptors (Lipinski definition) is 10. The van der Waals surface area contributed by atoms with Gasteiger partial charge >= 0.3 is 7.12 Å². The van der Waals surface area contributed by atoms with Crippen LogP contribution < -0.4 is 5.46 Å². The first-order valence-corrected chi connectivity index (χ1v) is 28.9. The van der Waals surface area contributed by atoms with Crippen molar-refractivity contribution in [2.24, 2.45) is 0 Å². The van der Waals surface area contributed by atoms with Gasteiger partial charge in [-0.25, -0.2) is 29.9 Å². The van der Waals surface area contributed by atoms with E-state index >= 15 is 0 Å². The van der Waals surface area contributed by atoms with E-state index in [0.29, 0.717) is 45.4 Å². The summed E-state index contributed by atoms with van der Waals surface area (Å²) in [4.78, 5) is 38.3. The van der Waals surface area contributed by atoms with E-state index in [0.717, 1.165) is 89.3 Å². The Hall–Kier alpha value is -11.2. The maximum Gasteiger partial charge on any atom is 0.488 e. The van der Waals surface area contributed by atoms with Gasteiger partial charge in [0.15, 0.2) is 34.9 Å². The first-order chi connectivity index (χ1) is 43.3. The van der Waals surface area contributed by atoms with E-state index in [4.69, 9.17) is 51.6 Å². The molecule has 0 aliphatic carbocycles. The highest BCUT2D eigenvalue weighted by atomic mass is 35.5. The third-order valence-corrected chi connectivity index (χ3v) is 14.5. The molecule has 0 unspecified atom stereocenters. The van der Waals surface area contributed by atoms with Crippen LogP contribution in [-0.4, -0.2) is 57.0 Å². The molecule has 2 N–H and O–H groups in total. The summed E-state index contributed by atoms with van der Waals surface area (Å²) < 4.78 is 0. The minimum absolute atomic E-state index is 0.525. The second-order valence-electron chi connectivity index (χ2n) is 20.3. The number of hydrogen-bond donors (Lipinski definition) is 2. The Morgan fingerprint density at radius 2 is 0.477 bits per heavy atom. The molecule has 0 saturated carbocycles. The molecule has 88 heavy (non-hydrogen) atoms. The molecule has 10 aromatic carbocycles. The fraction of sp³-hybridized carbons (Fsp3) is 0. The van der Waals surface area contributed by atoms with Crippen LogP contribution in [0.2, 0.25) is 5.02 Å². The SMILES string of the molecule is Clc1cc(-c2ccc(-c3ccccn3)cc2)cc(-c2nc(-c3ccccc3)nc(-c3ccccc3)n2)c1.OB(O)c1ccccc1.c1ccc(-c2cc(-c3ccc(-c4ccccn4)cc3)cc(-c3nc(-c4ccccc4)nc(-c4ccccc4)n3)c2)cc1. The van der Waals surface area contributed by atoms with Gasteiger partial charge < -0.3 is 10.0 Å². The highest BCUT2D eigenvalue weighted by molar-refractivity contribution is 6.58. The Labute approximate surface area is 516 Å². The molecule has 0 fully saturated rings. The van der Waals surface area contributed by atoms with Gasteiger partial charge in [0.2, 0.25) is 0 Å². The fourth-order valence-electron chi connectivity index (χ4n) is 9.84. The summed E-state index contributed by atoms with van der Waals surface area (Å²) in [5.41, 5.74) is 16.5. The standard InChI is InChI=1S/C38H26N4.C32H21ClN4.C6H7BO2/c1-4-12-27(13-5-1)32-24-33(28-19-21-29(22-20-28)35-18-10-11-23-39-35)26-34(25-32)38-41-36(30-14-6-2-7-15-30)40-37(42-38)31-16-8-3-9-17-31;33-28-20-26(22-14-16-23(17-15-22)29-13-7-8-18-34-29)19-27(21-28)32-36-30(24-9-3-1-4-10-24)35-31(37-32)25-11-5-2-6-12-25;8-7(9)6-4-2-1-3-5-6/h1-26H;1-21H;1-5,8-9H. The predicted octanol–water partition coefficient (Wildman–Crippen LogP) is 16.9. The van der Waals surface area contributed by atoms with Gasteiger partial charge in [-0.3, -0.25) is 9.97 Å². The van der Waals surface area contributed by atoms with Gasteiger partial charge in [0.25, 0.3) is 0 Å². The van der Waals surface area contributed by atoms with Gasteiger partial charge in [0, 0.05) is 61.9 Å². The van der Waals surface area contributed by atoms with Crippen LogP contribution in [0.1, 0.15) is 0 Å². The predicted molar refractivity (Wildman–Crippen MR) is 356 cm³/mol. The highest BCUT2D eigenvalue weighted by Crippen LogP contribution is 2.36. The average Bonchev–Trinajstić information content (AvgIpc) is 3.09. The lowest BCUT2D eigenvalue weighted by molar-refractivity contribution is 0.426. The minimum atomic E-state index is -1.34. The number of rotatable bonds is 12. The van der Waals surface area contributed by atoms with E-state index in [2.05, 4.69) is 107 Å². The van der Waals surface area contributed by atoms with Crippen molar-refractivity contribution in [2.45, 2.75) is 0 Å². The van der Waals surface area contributed by atoms with Crippen molar-refractivity contribution in [2.75, 3.05) is 0 Å². The number of aromatic nitrogens is 8. The van der Waals surface area contributed by atoms with Gasteiger partial charge in [0.05, 0.1) is 11.4 Å². The van der Waals surface area contributed by atoms with E-state index < -0.39 is 7.12 Å². The Bertz CT molecular complexity index is 4430. The molecule has 0 bridgehead atoms. The van der Waals surface area contributed by atoms with Crippen LogP contribution in [0, 0.1) is 0 Å². The van der Waals surface area contributed by atoms with Gasteiger partial charge in [-0.1, -0.05) is 254 Å². The summed E-state index contributed by atoms with van der Waals surface area (Å²) in [5, 5.41) is 17.8. The van der Waals surface area contributed by atoms with E-state index in [1.165, 1.54) is 0 Å². The summed E-state index contributed by atoms with van der Waals surface area (Å²) in [5.74, 6) is 3.72. The molecule has 4 heterocycles. The first kappa shape index (κ1) is 57.2. The third-order valence-electron chi connectivity index (χ3n) is 14.3. The highest BCUT2D eigenvalue weighted by Gasteiger charge is 2.17. The maximum absolute atomic E-state index is 8.58. The lowest BCUT2D eigenvalue weighted by Gasteiger charge is -2.13. The van der Waals surface area contributed by atoms with Crippen molar-refractivity contribution >= 4 is 24.2 Å². The van der Waals surface area contributed by atoms with Gasteiger partial charge in [-0.05, 0) is 99.5 Å². The van der Waals surface area contributed by atoms with Crippen LogP contribution in [0.25, 0.3) is 124 Å². The molecular formula is C76H54BClN8O2. The van der Waals surface area contributed by atoms with Crippen LogP contribution in [-0.2, 0) is 0 Å². The van der Waals surface area contributed by atoms with Crippen LogP contribution in [0.4, 0.5) is 0 Å². The molecule has 0 spiro atoms. The van der Waals surface area contributed by atoms with Crippen LogP contribution >= 0.6 is 11.6 Å². The van der Waals surface area contributed by atoms with Crippen molar-refractivity contribution in [1.29, 1.82) is 0 Å². The minimum Gasteiger partial charge on any atom is -0.423 e. The fourth-order valence-corrected chi connectivity index (χ4v) is 10.1. The summed E-state index contributed by atoms with van der Waals surface area (Å²) >= 11 is 6.61. The van der Waals surface area contributed by atoms with E-state index in [9.17, 15) is 0 Å². The molecule has 12 heteroatoms. The Morgan fingerprint density at radius 1 is 0.227 bits per heavy atom. The van der Waals surface area contributed by atoms with Crippen molar-refractivity contribution in [3.8, 4) is 124 Å². The normalized spacial score (nSPS) is 10.7. The lowest BCUT2D eigenvalue weighted by atomic mass is 9.81. The quantitative estimate of drug-likeness (QED) is 0.113. The summed E-state index contributed by atoms with van der Waals surface area (Å²) in [6, 6.07) is 100. The second-order valence-corrected chi connectivity index (χ2v) is 20.8. The Balaban J connectivity index is 0.000000151. The first-order valence-electron chi connectivity index (χ1n) is 28.5. The summed E-state index contributed by atoms with van der Waals surface area (Å²) in [7, 11) is -1.34. The van der Waals surface area contributed by atoms with Crippen molar-refractivity contribution in [1.82, 2.24) is 39.9 Å². The van der Waals surface area contributed by atoms with E-state index in [1.54, 1.807) is 30.5 Å². The van der Waals surface area contributed by atoms with Crippen LogP contribution in [0.15, 0.2) is 316 Å². The second kappa shape index (κ2) is 27.7. The van der Waals surface area contributed by atoms with E-state index in [-0.39, 0.29) is 0 Å². The van der Waals surface area contributed by atoms with Gasteiger partial charge in [0.1, 0.15) is 0 Å². The molecule has 0 aliphatic heterocycles. The molecule has 0 amide bonds. The molecule has 420 valence electrons. The number of halogens is 1. The van der Waals surface area contributed by atoms with Crippen LogP contribution in [0.3, 0.4) is 0 Å². The smallest absolute Gasteiger partial charge is 0.423 e. The molecule has 0 aliphatic rings. The van der Waals surface area contributed by atoms with Crippen molar-refractivity contribution < 1.29 is 10.0 Å². The molecule has 0 atom stereocenters. The number of benzene rings is 10. The Kier molecular flexibility index (Phi) is 18.0. The third kappa shape index (κ3) is 14.3. The van der Waals surface area contributed by atoms with Crippen LogP contribution in [0.5, 0.6) is 0 Å².